The number of ether oxygens (including phenoxy) is 1. The zero-order chi connectivity index (χ0) is 9.68. The zero-order valence-corrected chi connectivity index (χ0v) is 9.02. The van der Waals surface area contributed by atoms with Gasteiger partial charge in [-0.05, 0) is 13.3 Å². The molecule has 0 aliphatic carbocycles. The molecule has 74 valence electrons. The molecule has 0 saturated carbocycles. The van der Waals surface area contributed by atoms with Crippen molar-refractivity contribution in [2.45, 2.75) is 26.4 Å². The third-order valence-corrected chi connectivity index (χ3v) is 2.37. The molecule has 0 spiro atoms. The van der Waals surface area contributed by atoms with Gasteiger partial charge in [0, 0.05) is 25.2 Å². The number of hydrogen-bond acceptors (Lipinski definition) is 5. The maximum Gasteiger partial charge on any atom is 0.202 e. The molecule has 0 aliphatic heterocycles. The van der Waals surface area contributed by atoms with Gasteiger partial charge in [-0.3, -0.25) is 0 Å². The quantitative estimate of drug-likeness (QED) is 0.792. The van der Waals surface area contributed by atoms with Crippen molar-refractivity contribution in [2.24, 2.45) is 0 Å². The van der Waals surface area contributed by atoms with Crippen LogP contribution in [-0.4, -0.2) is 23.0 Å². The van der Waals surface area contributed by atoms with E-state index in [2.05, 4.69) is 21.6 Å². The van der Waals surface area contributed by atoms with E-state index in [9.17, 15) is 0 Å². The summed E-state index contributed by atoms with van der Waals surface area (Å²) in [7, 11) is 1.66. The van der Waals surface area contributed by atoms with Gasteiger partial charge in [-0.1, -0.05) is 6.92 Å². The Morgan fingerprint density at radius 1 is 1.62 bits per heavy atom. The Morgan fingerprint density at radius 3 is 3.00 bits per heavy atom. The van der Waals surface area contributed by atoms with Crippen LogP contribution >= 0.6 is 11.5 Å². The van der Waals surface area contributed by atoms with Crippen LogP contribution in [0.5, 0.6) is 0 Å². The Morgan fingerprint density at radius 2 is 2.38 bits per heavy atom. The normalized spacial score (nSPS) is 12.8. The lowest BCUT2D eigenvalue weighted by Crippen LogP contribution is -2.01. The minimum Gasteiger partial charge on any atom is -0.374 e. The van der Waals surface area contributed by atoms with Crippen molar-refractivity contribution in [3.05, 3.63) is 5.82 Å². The fourth-order valence-electron chi connectivity index (χ4n) is 0.809. The van der Waals surface area contributed by atoms with E-state index in [1.807, 2.05) is 6.92 Å². The first-order valence-corrected chi connectivity index (χ1v) is 5.15. The highest BCUT2D eigenvalue weighted by molar-refractivity contribution is 7.09. The number of methoxy groups -OCH3 is 1. The molecular formula is C8H15N3OS. The van der Waals surface area contributed by atoms with Crippen molar-refractivity contribution in [1.82, 2.24) is 9.36 Å². The first-order chi connectivity index (χ1) is 6.27. The van der Waals surface area contributed by atoms with Gasteiger partial charge in [0.15, 0.2) is 5.82 Å². The van der Waals surface area contributed by atoms with Crippen molar-refractivity contribution in [2.75, 3.05) is 19.0 Å². The number of hydrogen-bond donors (Lipinski definition) is 1. The predicted octanol–water partition coefficient (Wildman–Crippen LogP) is 2.07. The summed E-state index contributed by atoms with van der Waals surface area (Å²) in [4.78, 5) is 4.29. The Balaban J connectivity index is 2.53. The van der Waals surface area contributed by atoms with Gasteiger partial charge >= 0.3 is 0 Å². The van der Waals surface area contributed by atoms with Crippen LogP contribution in [0.3, 0.4) is 0 Å². The Hall–Kier alpha value is -0.680. The van der Waals surface area contributed by atoms with Crippen LogP contribution in [0.2, 0.25) is 0 Å². The molecule has 1 atom stereocenters. The molecule has 0 saturated heterocycles. The van der Waals surface area contributed by atoms with E-state index in [1.165, 1.54) is 11.5 Å². The summed E-state index contributed by atoms with van der Waals surface area (Å²) >= 11 is 1.38. The van der Waals surface area contributed by atoms with Crippen molar-refractivity contribution in [1.29, 1.82) is 0 Å². The number of aromatic nitrogens is 2. The van der Waals surface area contributed by atoms with Gasteiger partial charge in [-0.2, -0.15) is 4.37 Å². The predicted molar refractivity (Wildman–Crippen MR) is 54.1 cm³/mol. The van der Waals surface area contributed by atoms with E-state index in [0.717, 1.165) is 23.9 Å². The highest BCUT2D eigenvalue weighted by atomic mass is 32.1. The maximum atomic E-state index is 5.11. The number of anilines is 1. The zero-order valence-electron chi connectivity index (χ0n) is 8.20. The lowest BCUT2D eigenvalue weighted by Gasteiger charge is -2.02. The van der Waals surface area contributed by atoms with Crippen LogP contribution in [0.1, 0.15) is 32.2 Å². The molecule has 1 rings (SSSR count). The highest BCUT2D eigenvalue weighted by Crippen LogP contribution is 2.17. The summed E-state index contributed by atoms with van der Waals surface area (Å²) in [6.45, 7) is 4.99. The molecule has 4 nitrogen and oxygen atoms in total. The number of rotatable bonds is 5. The van der Waals surface area contributed by atoms with Gasteiger partial charge in [0.1, 0.15) is 6.10 Å². The van der Waals surface area contributed by atoms with Gasteiger partial charge in [-0.25, -0.2) is 4.98 Å². The van der Waals surface area contributed by atoms with Crippen LogP contribution in [0, 0.1) is 0 Å². The Labute approximate surface area is 82.5 Å². The van der Waals surface area contributed by atoms with Gasteiger partial charge in [0.25, 0.3) is 0 Å². The summed E-state index contributed by atoms with van der Waals surface area (Å²) in [6, 6.07) is 0. The third kappa shape index (κ3) is 2.93. The van der Waals surface area contributed by atoms with Crippen molar-refractivity contribution in [3.63, 3.8) is 0 Å². The molecule has 1 aromatic heterocycles. The number of nitrogens with zero attached hydrogens (tertiary/aromatic N) is 2. The topological polar surface area (TPSA) is 47.0 Å². The van der Waals surface area contributed by atoms with Crippen LogP contribution in [0.4, 0.5) is 5.13 Å². The van der Waals surface area contributed by atoms with E-state index < -0.39 is 0 Å². The summed E-state index contributed by atoms with van der Waals surface area (Å²) in [5.41, 5.74) is 0. The lowest BCUT2D eigenvalue weighted by molar-refractivity contribution is 0.113. The summed E-state index contributed by atoms with van der Waals surface area (Å²) in [5, 5.41) is 4.06. The minimum atomic E-state index is -0.0200. The maximum absolute atomic E-state index is 5.11. The Kier molecular flexibility index (Phi) is 4.11. The van der Waals surface area contributed by atoms with E-state index >= 15 is 0 Å². The van der Waals surface area contributed by atoms with Gasteiger partial charge < -0.3 is 10.1 Å². The Bertz CT molecular complexity index is 251. The van der Waals surface area contributed by atoms with Crippen LogP contribution in [-0.2, 0) is 4.74 Å². The highest BCUT2D eigenvalue weighted by Gasteiger charge is 2.10. The lowest BCUT2D eigenvalue weighted by atomic mass is 10.4. The average Bonchev–Trinajstić information content (AvgIpc) is 2.62. The molecule has 0 radical (unpaired) electrons. The molecular weight excluding hydrogens is 186 g/mol. The summed E-state index contributed by atoms with van der Waals surface area (Å²) in [5.74, 6) is 0.756. The molecule has 0 aliphatic rings. The monoisotopic (exact) mass is 201 g/mol. The smallest absolute Gasteiger partial charge is 0.202 e. The fraction of sp³-hybridized carbons (Fsp3) is 0.750. The van der Waals surface area contributed by atoms with Crippen molar-refractivity contribution in [3.8, 4) is 0 Å². The van der Waals surface area contributed by atoms with Crippen molar-refractivity contribution >= 4 is 16.7 Å². The minimum absolute atomic E-state index is 0.0200. The fourth-order valence-corrected chi connectivity index (χ4v) is 1.48. The molecule has 0 bridgehead atoms. The van der Waals surface area contributed by atoms with Crippen LogP contribution in [0.25, 0.3) is 0 Å². The second-order valence-corrected chi connectivity index (χ2v) is 3.51. The second kappa shape index (κ2) is 5.14. The van der Waals surface area contributed by atoms with Gasteiger partial charge in [0.05, 0.1) is 0 Å². The summed E-state index contributed by atoms with van der Waals surface area (Å²) in [6.07, 6.45) is 1.07. The molecule has 1 N–H and O–H groups in total. The molecule has 1 aromatic rings. The molecule has 13 heavy (non-hydrogen) atoms. The first-order valence-electron chi connectivity index (χ1n) is 4.38. The van der Waals surface area contributed by atoms with Crippen LogP contribution < -0.4 is 5.32 Å². The largest absolute Gasteiger partial charge is 0.374 e. The standard InChI is InChI=1S/C8H15N3OS/c1-4-5-9-8-10-7(11-13-8)6(2)12-3/h6H,4-5H2,1-3H3,(H,9,10,11). The van der Waals surface area contributed by atoms with E-state index in [4.69, 9.17) is 4.74 Å². The first kappa shape index (κ1) is 10.4. The SMILES string of the molecule is CCCNc1nc(C(C)OC)ns1. The van der Waals surface area contributed by atoms with Gasteiger partial charge in [0.2, 0.25) is 5.13 Å². The number of nitrogens with one attached hydrogen (secondary N) is 1. The van der Waals surface area contributed by atoms with Crippen molar-refractivity contribution < 1.29 is 4.74 Å². The molecule has 1 heterocycles. The average molecular weight is 201 g/mol. The van der Waals surface area contributed by atoms with Gasteiger partial charge in [-0.15, -0.1) is 0 Å². The van der Waals surface area contributed by atoms with Crippen LogP contribution in [0.15, 0.2) is 0 Å². The molecule has 1 unspecified atom stereocenters. The third-order valence-electron chi connectivity index (χ3n) is 1.69. The molecule has 0 aromatic carbocycles. The molecule has 5 heteroatoms. The van der Waals surface area contributed by atoms with E-state index in [1.54, 1.807) is 7.11 Å². The molecule has 0 fully saturated rings. The summed E-state index contributed by atoms with van der Waals surface area (Å²) < 4.78 is 9.29. The molecule has 0 amide bonds. The van der Waals surface area contributed by atoms with E-state index in [0.29, 0.717) is 0 Å². The second-order valence-electron chi connectivity index (χ2n) is 2.76. The van der Waals surface area contributed by atoms with E-state index in [-0.39, 0.29) is 6.10 Å².